The van der Waals surface area contributed by atoms with Crippen LogP contribution in [0.25, 0.3) is 22.2 Å². The van der Waals surface area contributed by atoms with Crippen LogP contribution in [0.4, 0.5) is 5.82 Å². The smallest absolute Gasteiger partial charge is 0.337 e. The molecule has 0 saturated heterocycles. The normalized spacial score (nSPS) is 10.6. The second kappa shape index (κ2) is 13.1. The molecule has 39 heavy (non-hydrogen) atoms. The molecular weight excluding hydrogens is 547 g/mol. The number of nitrogens with two attached hydrogens (primary N) is 2. The Morgan fingerprint density at radius 3 is 2.10 bits per heavy atom. The number of aromatic nitrogens is 3. The first kappa shape index (κ1) is 29.4. The summed E-state index contributed by atoms with van der Waals surface area (Å²) >= 11 is 12.9. The number of nitrogen functional groups attached to an aromatic ring is 1. The number of carbonyl (C=O) groups is 2. The van der Waals surface area contributed by atoms with Gasteiger partial charge in [-0.15, -0.1) is 0 Å². The fourth-order valence-electron chi connectivity index (χ4n) is 3.72. The lowest BCUT2D eigenvalue weighted by atomic mass is 10.00. The third-order valence-electron chi connectivity index (χ3n) is 5.42. The van der Waals surface area contributed by atoms with Crippen molar-refractivity contribution in [2.45, 2.75) is 6.54 Å². The summed E-state index contributed by atoms with van der Waals surface area (Å²) in [5, 5.41) is 9.89. The van der Waals surface area contributed by atoms with Crippen LogP contribution in [0.3, 0.4) is 0 Å². The topological polar surface area (TPSA) is 167 Å². The molecule has 5 N–H and O–H groups in total. The Kier molecular flexibility index (Phi) is 9.83. The molecule has 13 heteroatoms. The van der Waals surface area contributed by atoms with Crippen LogP contribution in [0.5, 0.6) is 11.5 Å². The molecule has 2 heterocycles. The number of nitrogens with zero attached hydrogens (tertiary/aromatic N) is 4. The summed E-state index contributed by atoms with van der Waals surface area (Å²) < 4.78 is 10.6. The number of carboxylic acid groups (broad SMARTS) is 1. The van der Waals surface area contributed by atoms with Crippen molar-refractivity contribution >= 4 is 51.9 Å². The minimum absolute atomic E-state index is 0.0361. The highest BCUT2D eigenvalue weighted by atomic mass is 35.5. The van der Waals surface area contributed by atoms with Crippen molar-refractivity contribution in [2.24, 2.45) is 5.73 Å². The van der Waals surface area contributed by atoms with Gasteiger partial charge in [-0.25, -0.2) is 9.78 Å². The lowest BCUT2D eigenvalue weighted by Gasteiger charge is -2.16. The van der Waals surface area contributed by atoms with E-state index in [-0.39, 0.29) is 33.6 Å². The van der Waals surface area contributed by atoms with Crippen molar-refractivity contribution in [3.63, 3.8) is 0 Å². The van der Waals surface area contributed by atoms with Crippen LogP contribution in [-0.2, 0) is 11.3 Å². The number of rotatable bonds is 8. The van der Waals surface area contributed by atoms with Gasteiger partial charge in [0.15, 0.2) is 0 Å². The van der Waals surface area contributed by atoms with Gasteiger partial charge in [-0.3, -0.25) is 19.7 Å². The molecule has 0 bridgehead atoms. The summed E-state index contributed by atoms with van der Waals surface area (Å²) in [5.74, 6) is -0.200. The van der Waals surface area contributed by atoms with E-state index in [1.807, 2.05) is 18.0 Å². The third-order valence-corrected chi connectivity index (χ3v) is 6.17. The molecule has 0 fully saturated rings. The first-order chi connectivity index (χ1) is 18.6. The molecule has 11 nitrogen and oxygen atoms in total. The summed E-state index contributed by atoms with van der Waals surface area (Å²) in [6, 6.07) is 8.21. The zero-order valence-electron chi connectivity index (χ0n) is 21.3. The van der Waals surface area contributed by atoms with Gasteiger partial charge in [0.05, 0.1) is 41.9 Å². The van der Waals surface area contributed by atoms with Gasteiger partial charge in [-0.05, 0) is 24.7 Å². The van der Waals surface area contributed by atoms with Gasteiger partial charge in [0.25, 0.3) is 0 Å². The molecule has 4 aromatic rings. The number of carbonyl (C=O) groups excluding carboxylic acids is 1. The number of halogens is 2. The highest BCUT2D eigenvalue weighted by molar-refractivity contribution is 6.41. The lowest BCUT2D eigenvalue weighted by Crippen LogP contribution is -2.30. The van der Waals surface area contributed by atoms with Gasteiger partial charge in [0.2, 0.25) is 5.91 Å². The maximum atomic E-state index is 11.4. The number of amides is 1. The van der Waals surface area contributed by atoms with Gasteiger partial charge >= 0.3 is 5.97 Å². The fraction of sp³-hybridized carbons (Fsp3) is 0.192. The van der Waals surface area contributed by atoms with Crippen LogP contribution in [0, 0.1) is 0 Å². The number of pyridine rings is 1. The monoisotopic (exact) mass is 572 g/mol. The maximum absolute atomic E-state index is 11.4. The molecule has 1 amide bonds. The van der Waals surface area contributed by atoms with Crippen molar-refractivity contribution in [3.8, 4) is 22.6 Å². The van der Waals surface area contributed by atoms with Crippen molar-refractivity contribution < 1.29 is 24.2 Å². The van der Waals surface area contributed by atoms with Crippen molar-refractivity contribution in [1.29, 1.82) is 0 Å². The van der Waals surface area contributed by atoms with Crippen molar-refractivity contribution in [3.05, 3.63) is 70.1 Å². The van der Waals surface area contributed by atoms with Crippen LogP contribution in [0.15, 0.2) is 48.9 Å². The van der Waals surface area contributed by atoms with Crippen LogP contribution in [-0.4, -0.2) is 64.6 Å². The number of hydrogen-bond acceptors (Lipinski definition) is 9. The number of carboxylic acids is 1. The number of fused-ring (bicyclic) bond motifs is 1. The van der Waals surface area contributed by atoms with Gasteiger partial charge in [0.1, 0.15) is 22.8 Å². The molecule has 2 aromatic heterocycles. The van der Waals surface area contributed by atoms with E-state index in [0.717, 1.165) is 5.56 Å². The Hall–Kier alpha value is -4.19. The molecule has 2 aromatic carbocycles. The molecular formula is C26H26Cl2N6O5. The first-order valence-electron chi connectivity index (χ1n) is 11.3. The maximum Gasteiger partial charge on any atom is 0.337 e. The van der Waals surface area contributed by atoms with Crippen molar-refractivity contribution in [2.75, 3.05) is 33.5 Å². The Balaban J connectivity index is 0.000000255. The predicted octanol–water partition coefficient (Wildman–Crippen LogP) is 3.90. The van der Waals surface area contributed by atoms with Gasteiger partial charge in [-0.1, -0.05) is 35.3 Å². The number of primary amides is 1. The van der Waals surface area contributed by atoms with Gasteiger partial charge < -0.3 is 26.0 Å². The standard InChI is InChI=1S/C17H12Cl2N2O4.C9H14N4O/c1-24-10-7-11(25-2)14(19)12(13(10)18)8-3-4-9(17(22)23)16-15(8)20-5-6-21-16;1-13(6-9(11)14)5-7-2-3-8(10)12-4-7/h3-7H,1-2H3,(H,22,23);2-4H,5-6H2,1H3,(H2,10,12)(H2,11,14). The molecule has 0 aliphatic heterocycles. The minimum atomic E-state index is -1.10. The molecule has 0 atom stereocenters. The highest BCUT2D eigenvalue weighted by Gasteiger charge is 2.22. The lowest BCUT2D eigenvalue weighted by molar-refractivity contribution is -0.118. The summed E-state index contributed by atoms with van der Waals surface area (Å²) in [7, 11) is 4.77. The molecule has 0 unspecified atom stereocenters. The Morgan fingerprint density at radius 2 is 1.59 bits per heavy atom. The van der Waals surface area contributed by atoms with E-state index in [0.29, 0.717) is 40.5 Å². The van der Waals surface area contributed by atoms with E-state index in [9.17, 15) is 14.7 Å². The van der Waals surface area contributed by atoms with E-state index >= 15 is 0 Å². The van der Waals surface area contributed by atoms with E-state index in [1.165, 1.54) is 32.7 Å². The van der Waals surface area contributed by atoms with Crippen LogP contribution in [0.1, 0.15) is 15.9 Å². The number of methoxy groups -OCH3 is 2. The van der Waals surface area contributed by atoms with Crippen LogP contribution in [0.2, 0.25) is 10.0 Å². The number of likely N-dealkylation sites (N-methyl/N-ethyl adjacent to an activating group) is 1. The number of anilines is 1. The number of hydrogen-bond donors (Lipinski definition) is 3. The summed E-state index contributed by atoms with van der Waals surface area (Å²) in [6.07, 6.45) is 4.58. The zero-order valence-corrected chi connectivity index (χ0v) is 22.8. The third kappa shape index (κ3) is 7.02. The number of ether oxygens (including phenoxy) is 2. The fourth-order valence-corrected chi connectivity index (χ4v) is 4.42. The second-order valence-corrected chi connectivity index (χ2v) is 8.99. The molecule has 204 valence electrons. The predicted molar refractivity (Wildman–Crippen MR) is 149 cm³/mol. The minimum Gasteiger partial charge on any atom is -0.495 e. The zero-order chi connectivity index (χ0) is 28.7. The number of aromatic carboxylic acids is 1. The van der Waals surface area contributed by atoms with Gasteiger partial charge in [0, 0.05) is 42.3 Å². The summed E-state index contributed by atoms with van der Waals surface area (Å²) in [4.78, 5) is 36.2. The average Bonchev–Trinajstić information content (AvgIpc) is 2.90. The Morgan fingerprint density at radius 1 is 0.974 bits per heavy atom. The SMILES string of the molecule is CN(CC(N)=O)Cc1ccc(N)nc1.COc1cc(OC)c(Cl)c(-c2ccc(C(=O)O)c3nccnc23)c1Cl. The molecule has 0 aliphatic carbocycles. The second-order valence-electron chi connectivity index (χ2n) is 8.23. The van der Waals surface area contributed by atoms with E-state index in [2.05, 4.69) is 15.0 Å². The van der Waals surface area contributed by atoms with Crippen molar-refractivity contribution in [1.82, 2.24) is 19.9 Å². The van der Waals surface area contributed by atoms with Gasteiger partial charge in [-0.2, -0.15) is 0 Å². The Labute approximate surface area is 234 Å². The van der Waals surface area contributed by atoms with Crippen LogP contribution < -0.4 is 20.9 Å². The molecule has 4 rings (SSSR count). The van der Waals surface area contributed by atoms with E-state index < -0.39 is 5.97 Å². The molecule has 0 saturated carbocycles. The molecule has 0 radical (unpaired) electrons. The largest absolute Gasteiger partial charge is 0.495 e. The highest BCUT2D eigenvalue weighted by Crippen LogP contribution is 2.47. The van der Waals surface area contributed by atoms with Crippen LogP contribution >= 0.6 is 23.2 Å². The number of benzene rings is 2. The summed E-state index contributed by atoms with van der Waals surface area (Å²) in [6.45, 7) is 0.876. The first-order valence-corrected chi connectivity index (χ1v) is 12.1. The average molecular weight is 573 g/mol. The molecule has 0 spiro atoms. The molecule has 0 aliphatic rings. The quantitative estimate of drug-likeness (QED) is 0.281. The summed E-state index contributed by atoms with van der Waals surface area (Å²) in [5.41, 5.74) is 13.1. The van der Waals surface area contributed by atoms with E-state index in [4.69, 9.17) is 44.1 Å². The van der Waals surface area contributed by atoms with E-state index in [1.54, 1.807) is 24.4 Å². The Bertz CT molecular complexity index is 1470.